The van der Waals surface area contributed by atoms with Crippen molar-refractivity contribution in [3.8, 4) is 0 Å². The first-order chi connectivity index (χ1) is 8.49. The minimum atomic E-state index is -0.501. The maximum atomic E-state index is 11.3. The van der Waals surface area contributed by atoms with E-state index in [-0.39, 0.29) is 5.69 Å². The Morgan fingerprint density at radius 1 is 1.28 bits per heavy atom. The molecular formula is C11H5Br2NO4. The summed E-state index contributed by atoms with van der Waals surface area (Å²) in [6.45, 7) is 0. The van der Waals surface area contributed by atoms with Crippen molar-refractivity contribution < 1.29 is 14.5 Å². The summed E-state index contributed by atoms with van der Waals surface area (Å²) in [5.41, 5.74) is 0.555. The van der Waals surface area contributed by atoms with Crippen molar-refractivity contribution in [3.63, 3.8) is 0 Å². The number of benzene rings is 1. The largest absolute Gasteiger partial charge is 0.421 e. The van der Waals surface area contributed by atoms with E-state index in [1.54, 1.807) is 18.2 Å². The number of carbonyl (C=O) groups is 1. The molecule has 0 amide bonds. The van der Waals surface area contributed by atoms with Crippen molar-refractivity contribution in [2.75, 3.05) is 0 Å². The van der Waals surface area contributed by atoms with Crippen LogP contribution in [-0.2, 0) is 9.53 Å². The Kier molecular flexibility index (Phi) is 3.63. The summed E-state index contributed by atoms with van der Waals surface area (Å²) in [4.78, 5) is 21.4. The van der Waals surface area contributed by atoms with Crippen LogP contribution in [0.15, 0.2) is 39.0 Å². The summed E-state index contributed by atoms with van der Waals surface area (Å²) in [5, 5.41) is 10.6. The Morgan fingerprint density at radius 2 is 2.00 bits per heavy atom. The molecular weight excluding hydrogens is 370 g/mol. The van der Waals surface area contributed by atoms with Crippen molar-refractivity contribution in [2.24, 2.45) is 0 Å². The summed E-state index contributed by atoms with van der Waals surface area (Å²) in [5.74, 6) is -0.189. The summed E-state index contributed by atoms with van der Waals surface area (Å²) in [7, 11) is 0. The fraction of sp³-hybridized carbons (Fsp3) is 0. The average Bonchev–Trinajstić information content (AvgIpc) is 2.57. The molecule has 0 saturated heterocycles. The van der Waals surface area contributed by atoms with E-state index in [1.165, 1.54) is 12.1 Å². The number of nitro benzene ring substituents is 1. The van der Waals surface area contributed by atoms with Crippen LogP contribution < -0.4 is 0 Å². The predicted molar refractivity (Wildman–Crippen MR) is 72.0 cm³/mol. The van der Waals surface area contributed by atoms with Crippen LogP contribution in [0.2, 0.25) is 0 Å². The topological polar surface area (TPSA) is 69.4 Å². The zero-order valence-corrected chi connectivity index (χ0v) is 11.9. The molecule has 0 radical (unpaired) electrons. The third-order valence-corrected chi connectivity index (χ3v) is 4.21. The molecule has 7 heteroatoms. The van der Waals surface area contributed by atoms with Crippen LogP contribution in [0.1, 0.15) is 5.56 Å². The first kappa shape index (κ1) is 13.0. The van der Waals surface area contributed by atoms with Crippen molar-refractivity contribution in [1.82, 2.24) is 0 Å². The third-order valence-electron chi connectivity index (χ3n) is 2.17. The lowest BCUT2D eigenvalue weighted by Crippen LogP contribution is -1.93. The Balaban J connectivity index is 2.38. The van der Waals surface area contributed by atoms with Gasteiger partial charge in [0.05, 0.1) is 9.41 Å². The zero-order valence-electron chi connectivity index (χ0n) is 8.72. The van der Waals surface area contributed by atoms with Gasteiger partial charge in [-0.3, -0.25) is 10.1 Å². The van der Waals surface area contributed by atoms with Crippen LogP contribution in [0.5, 0.6) is 0 Å². The highest BCUT2D eigenvalue weighted by Crippen LogP contribution is 2.35. The number of cyclic esters (lactones) is 1. The molecule has 0 bridgehead atoms. The van der Waals surface area contributed by atoms with Gasteiger partial charge in [0.2, 0.25) is 0 Å². The molecule has 0 fully saturated rings. The summed E-state index contributed by atoms with van der Waals surface area (Å²) >= 11 is 6.27. The molecule has 0 aromatic heterocycles. The molecule has 92 valence electrons. The van der Waals surface area contributed by atoms with Gasteiger partial charge in [-0.25, -0.2) is 4.79 Å². The van der Waals surface area contributed by atoms with Crippen molar-refractivity contribution in [1.29, 1.82) is 0 Å². The molecule has 1 aliphatic heterocycles. The molecule has 1 aliphatic rings. The number of ether oxygens (including phenoxy) is 1. The number of esters is 1. The quantitative estimate of drug-likeness (QED) is 0.451. The maximum absolute atomic E-state index is 11.3. The molecule has 0 unspecified atom stereocenters. The highest BCUT2D eigenvalue weighted by atomic mass is 79.9. The van der Waals surface area contributed by atoms with Crippen molar-refractivity contribution in [2.45, 2.75) is 0 Å². The molecule has 0 saturated carbocycles. The highest BCUT2D eigenvalue weighted by molar-refractivity contribution is 9.14. The second kappa shape index (κ2) is 5.03. The number of nitrogens with zero attached hydrogens (tertiary/aromatic N) is 1. The number of halogens is 2. The molecule has 18 heavy (non-hydrogen) atoms. The van der Waals surface area contributed by atoms with Crippen LogP contribution in [0.4, 0.5) is 5.69 Å². The number of carbonyl (C=O) groups excluding carboxylic acids is 1. The second-order valence-electron chi connectivity index (χ2n) is 3.38. The van der Waals surface area contributed by atoms with Crippen LogP contribution >= 0.6 is 31.9 Å². The molecule has 5 nitrogen and oxygen atoms in total. The minimum Gasteiger partial charge on any atom is -0.421 e. The summed E-state index contributed by atoms with van der Waals surface area (Å²) in [6.07, 6.45) is 1.54. The van der Waals surface area contributed by atoms with E-state index in [2.05, 4.69) is 31.9 Å². The second-order valence-corrected chi connectivity index (χ2v) is 4.96. The number of non-ortho nitro benzene ring substituents is 1. The monoisotopic (exact) mass is 373 g/mol. The van der Waals surface area contributed by atoms with Crippen LogP contribution in [-0.4, -0.2) is 10.9 Å². The molecule has 0 spiro atoms. The van der Waals surface area contributed by atoms with Crippen LogP contribution in [0.25, 0.3) is 6.08 Å². The molecule has 1 aromatic rings. The Bertz CT molecular complexity index is 607. The predicted octanol–water partition coefficient (Wildman–Crippen LogP) is 3.49. The van der Waals surface area contributed by atoms with Crippen molar-refractivity contribution >= 4 is 49.6 Å². The number of allylic oxidation sites excluding steroid dienone is 1. The Morgan fingerprint density at radius 3 is 2.56 bits per heavy atom. The van der Waals surface area contributed by atoms with E-state index >= 15 is 0 Å². The molecule has 1 heterocycles. The van der Waals surface area contributed by atoms with Gasteiger partial charge >= 0.3 is 5.97 Å². The Hall–Kier alpha value is -1.47. The van der Waals surface area contributed by atoms with E-state index in [4.69, 9.17) is 4.74 Å². The molecule has 0 N–H and O–H groups in total. The van der Waals surface area contributed by atoms with Crippen LogP contribution in [0.3, 0.4) is 0 Å². The number of hydrogen-bond donors (Lipinski definition) is 0. The third kappa shape index (κ3) is 2.51. The lowest BCUT2D eigenvalue weighted by molar-refractivity contribution is -0.384. The maximum Gasteiger partial charge on any atom is 0.351 e. The van der Waals surface area contributed by atoms with E-state index in [0.717, 1.165) is 0 Å². The zero-order chi connectivity index (χ0) is 13.3. The van der Waals surface area contributed by atoms with Gasteiger partial charge in [0.25, 0.3) is 5.69 Å². The first-order valence-electron chi connectivity index (χ1n) is 4.73. The normalized spacial score (nSPS) is 17.2. The average molecular weight is 375 g/mol. The van der Waals surface area contributed by atoms with Gasteiger partial charge in [-0.05, 0) is 43.5 Å². The van der Waals surface area contributed by atoms with E-state index in [9.17, 15) is 14.9 Å². The van der Waals surface area contributed by atoms with Gasteiger partial charge < -0.3 is 4.74 Å². The number of hydrogen-bond acceptors (Lipinski definition) is 4. The Labute approximate surface area is 119 Å². The van der Waals surface area contributed by atoms with Gasteiger partial charge in [0.15, 0.2) is 0 Å². The number of rotatable bonds is 2. The fourth-order valence-corrected chi connectivity index (χ4v) is 1.99. The lowest BCUT2D eigenvalue weighted by Gasteiger charge is -1.98. The summed E-state index contributed by atoms with van der Waals surface area (Å²) < 4.78 is 5.75. The SMILES string of the molecule is O=C1O/C(=C\c2cccc([N+](=O)[O-])c2)C(Br)=C1Br. The summed E-state index contributed by atoms with van der Waals surface area (Å²) in [6, 6.07) is 6.03. The van der Waals surface area contributed by atoms with E-state index in [0.29, 0.717) is 20.3 Å². The molecule has 2 rings (SSSR count). The van der Waals surface area contributed by atoms with Gasteiger partial charge in [-0.1, -0.05) is 12.1 Å². The van der Waals surface area contributed by atoms with Crippen molar-refractivity contribution in [3.05, 3.63) is 54.7 Å². The fourth-order valence-electron chi connectivity index (χ4n) is 1.36. The van der Waals surface area contributed by atoms with E-state index < -0.39 is 10.9 Å². The minimum absolute atomic E-state index is 0.0205. The first-order valence-corrected chi connectivity index (χ1v) is 6.31. The lowest BCUT2D eigenvalue weighted by atomic mass is 10.2. The molecule has 0 atom stereocenters. The smallest absolute Gasteiger partial charge is 0.351 e. The standard InChI is InChI=1S/C11H5Br2NO4/c12-9-8(18-11(15)10(9)13)5-6-2-1-3-7(4-6)14(16)17/h1-5H/b8-5-. The number of nitro groups is 1. The van der Waals surface area contributed by atoms with Gasteiger partial charge in [-0.15, -0.1) is 0 Å². The molecule has 1 aromatic carbocycles. The van der Waals surface area contributed by atoms with Gasteiger partial charge in [0, 0.05) is 12.1 Å². The molecule has 0 aliphatic carbocycles. The van der Waals surface area contributed by atoms with Crippen LogP contribution in [0, 0.1) is 10.1 Å². The van der Waals surface area contributed by atoms with E-state index in [1.807, 2.05) is 0 Å². The van der Waals surface area contributed by atoms with Gasteiger partial charge in [0.1, 0.15) is 10.2 Å². The van der Waals surface area contributed by atoms with Gasteiger partial charge in [-0.2, -0.15) is 0 Å². The highest BCUT2D eigenvalue weighted by Gasteiger charge is 2.26.